The van der Waals surface area contributed by atoms with Gasteiger partial charge in [-0.15, -0.1) is 11.8 Å². The van der Waals surface area contributed by atoms with Crippen molar-refractivity contribution in [2.75, 3.05) is 24.2 Å². The second kappa shape index (κ2) is 8.07. The van der Waals surface area contributed by atoms with Crippen molar-refractivity contribution in [3.63, 3.8) is 0 Å². The summed E-state index contributed by atoms with van der Waals surface area (Å²) in [5.74, 6) is 1.24. The fraction of sp³-hybridized carbons (Fsp3) is 0.263. The van der Waals surface area contributed by atoms with E-state index in [0.29, 0.717) is 18.8 Å². The van der Waals surface area contributed by atoms with Crippen LogP contribution in [0.1, 0.15) is 18.9 Å². The fourth-order valence-electron chi connectivity index (χ4n) is 2.68. The Bertz CT molecular complexity index is 757. The summed E-state index contributed by atoms with van der Waals surface area (Å²) in [6, 6.07) is 10.9. The van der Waals surface area contributed by atoms with E-state index in [9.17, 15) is 9.90 Å². The van der Waals surface area contributed by atoms with Crippen molar-refractivity contribution in [2.24, 2.45) is 0 Å². The molecule has 2 N–H and O–H groups in total. The van der Waals surface area contributed by atoms with Crippen LogP contribution in [0.25, 0.3) is 5.57 Å². The highest BCUT2D eigenvalue weighted by atomic mass is 32.2. The molecule has 0 saturated heterocycles. The number of thioether (sulfide) groups is 1. The molecule has 2 amide bonds. The van der Waals surface area contributed by atoms with Crippen LogP contribution in [-0.4, -0.2) is 39.9 Å². The van der Waals surface area contributed by atoms with Crippen molar-refractivity contribution in [3.8, 4) is 5.75 Å². The molecule has 1 aliphatic rings. The molecule has 0 atom stereocenters. The minimum absolute atomic E-state index is 0.112. The van der Waals surface area contributed by atoms with Gasteiger partial charge in [0.25, 0.3) is 0 Å². The second-order valence-electron chi connectivity index (χ2n) is 5.72. The number of benzene rings is 1. The van der Waals surface area contributed by atoms with E-state index in [-0.39, 0.29) is 11.8 Å². The lowest BCUT2D eigenvalue weighted by Crippen LogP contribution is -2.37. The molecule has 0 spiro atoms. The molecular formula is C19H21N3O2S. The molecule has 0 bridgehead atoms. The molecule has 25 heavy (non-hydrogen) atoms. The van der Waals surface area contributed by atoms with Gasteiger partial charge in [0.1, 0.15) is 5.75 Å². The number of anilines is 1. The van der Waals surface area contributed by atoms with E-state index < -0.39 is 0 Å². The molecular weight excluding hydrogens is 334 g/mol. The largest absolute Gasteiger partial charge is 0.508 e. The van der Waals surface area contributed by atoms with Gasteiger partial charge in [-0.25, -0.2) is 9.78 Å². The molecule has 0 unspecified atom stereocenters. The average molecular weight is 355 g/mol. The van der Waals surface area contributed by atoms with Crippen LogP contribution in [0.2, 0.25) is 0 Å². The first-order valence-corrected chi connectivity index (χ1v) is 9.27. The predicted molar refractivity (Wildman–Crippen MR) is 102 cm³/mol. The van der Waals surface area contributed by atoms with Gasteiger partial charge in [0.2, 0.25) is 0 Å². The minimum Gasteiger partial charge on any atom is -0.508 e. The standard InChI is InChI=1S/C19H21N3O2S/c1-2-25-18-8-5-16(13-20-18)21-19(24)22-11-9-15(10-12-22)14-3-6-17(23)7-4-14/h3-9,13,23H,2,10-12H2,1H3,(H,21,24). The monoisotopic (exact) mass is 355 g/mol. The first kappa shape index (κ1) is 17.4. The number of phenolic OH excluding ortho intramolecular Hbond substituents is 1. The minimum atomic E-state index is -0.112. The third-order valence-corrected chi connectivity index (χ3v) is 4.84. The second-order valence-corrected chi connectivity index (χ2v) is 7.00. The molecule has 1 aliphatic heterocycles. The number of aromatic hydroxyl groups is 1. The number of nitrogens with one attached hydrogen (secondary N) is 1. The Morgan fingerprint density at radius 1 is 1.28 bits per heavy atom. The Labute approximate surface area is 151 Å². The van der Waals surface area contributed by atoms with Gasteiger partial charge in [-0.1, -0.05) is 25.1 Å². The molecule has 130 valence electrons. The summed E-state index contributed by atoms with van der Waals surface area (Å²) in [5, 5.41) is 13.2. The van der Waals surface area contributed by atoms with Crippen molar-refractivity contribution >= 4 is 29.1 Å². The number of aromatic nitrogens is 1. The highest BCUT2D eigenvalue weighted by molar-refractivity contribution is 7.99. The molecule has 6 heteroatoms. The number of carbonyl (C=O) groups excluding carboxylic acids is 1. The van der Waals surface area contributed by atoms with Crippen molar-refractivity contribution in [1.29, 1.82) is 0 Å². The normalized spacial score (nSPS) is 14.1. The molecule has 1 aromatic carbocycles. The van der Waals surface area contributed by atoms with Gasteiger partial charge in [-0.3, -0.25) is 0 Å². The first-order valence-electron chi connectivity index (χ1n) is 8.29. The molecule has 3 rings (SSSR count). The number of pyridine rings is 1. The topological polar surface area (TPSA) is 65.5 Å². The molecule has 5 nitrogen and oxygen atoms in total. The Kier molecular flexibility index (Phi) is 5.60. The van der Waals surface area contributed by atoms with Crippen LogP contribution in [0.5, 0.6) is 5.75 Å². The van der Waals surface area contributed by atoms with E-state index in [2.05, 4.69) is 23.3 Å². The highest BCUT2D eigenvalue weighted by Gasteiger charge is 2.18. The molecule has 0 saturated carbocycles. The lowest BCUT2D eigenvalue weighted by Gasteiger charge is -2.26. The van der Waals surface area contributed by atoms with Gasteiger partial charge in [0.05, 0.1) is 16.9 Å². The third kappa shape index (κ3) is 4.54. The fourth-order valence-corrected chi connectivity index (χ4v) is 3.27. The van der Waals surface area contributed by atoms with E-state index in [0.717, 1.165) is 22.8 Å². The van der Waals surface area contributed by atoms with Gasteiger partial charge < -0.3 is 15.3 Å². The summed E-state index contributed by atoms with van der Waals surface area (Å²) in [7, 11) is 0. The van der Waals surface area contributed by atoms with E-state index >= 15 is 0 Å². The summed E-state index contributed by atoms with van der Waals surface area (Å²) in [5.41, 5.74) is 3.00. The lowest BCUT2D eigenvalue weighted by molar-refractivity contribution is 0.217. The van der Waals surface area contributed by atoms with Gasteiger partial charge in [-0.05, 0) is 47.6 Å². The summed E-state index contributed by atoms with van der Waals surface area (Å²) in [4.78, 5) is 18.5. The van der Waals surface area contributed by atoms with Gasteiger partial charge >= 0.3 is 6.03 Å². The van der Waals surface area contributed by atoms with E-state index in [1.54, 1.807) is 35.0 Å². The molecule has 0 aliphatic carbocycles. The number of rotatable bonds is 4. The van der Waals surface area contributed by atoms with E-state index in [1.165, 1.54) is 5.57 Å². The maximum Gasteiger partial charge on any atom is 0.322 e. The predicted octanol–water partition coefficient (Wildman–Crippen LogP) is 4.22. The zero-order valence-corrected chi connectivity index (χ0v) is 14.9. The highest BCUT2D eigenvalue weighted by Crippen LogP contribution is 2.24. The van der Waals surface area contributed by atoms with Crippen LogP contribution in [0.4, 0.5) is 10.5 Å². The van der Waals surface area contributed by atoms with Crippen molar-refractivity contribution in [2.45, 2.75) is 18.4 Å². The Morgan fingerprint density at radius 3 is 2.68 bits per heavy atom. The zero-order chi connectivity index (χ0) is 17.6. The number of phenols is 1. The molecule has 2 heterocycles. The molecule has 2 aromatic rings. The van der Waals surface area contributed by atoms with Gasteiger partial charge in [0.15, 0.2) is 0 Å². The quantitative estimate of drug-likeness (QED) is 0.806. The van der Waals surface area contributed by atoms with Crippen molar-refractivity contribution in [1.82, 2.24) is 9.88 Å². The number of carbonyl (C=O) groups is 1. The van der Waals surface area contributed by atoms with Crippen molar-refractivity contribution < 1.29 is 9.90 Å². The molecule has 0 radical (unpaired) electrons. The Morgan fingerprint density at radius 2 is 2.08 bits per heavy atom. The number of hydrogen-bond donors (Lipinski definition) is 2. The van der Waals surface area contributed by atoms with Crippen LogP contribution in [0.15, 0.2) is 53.7 Å². The lowest BCUT2D eigenvalue weighted by atomic mass is 9.99. The van der Waals surface area contributed by atoms with Crippen molar-refractivity contribution in [3.05, 3.63) is 54.2 Å². The summed E-state index contributed by atoms with van der Waals surface area (Å²) < 4.78 is 0. The van der Waals surface area contributed by atoms with Gasteiger partial charge in [0, 0.05) is 13.1 Å². The van der Waals surface area contributed by atoms with Gasteiger partial charge in [-0.2, -0.15) is 0 Å². The van der Waals surface area contributed by atoms with Crippen LogP contribution in [0, 0.1) is 0 Å². The van der Waals surface area contributed by atoms with Crippen LogP contribution >= 0.6 is 11.8 Å². The SMILES string of the molecule is CCSc1ccc(NC(=O)N2CC=C(c3ccc(O)cc3)CC2)cn1. The number of hydrogen-bond acceptors (Lipinski definition) is 4. The number of amides is 2. The Hall–Kier alpha value is -2.47. The maximum atomic E-state index is 12.4. The first-order chi connectivity index (χ1) is 12.2. The smallest absolute Gasteiger partial charge is 0.322 e. The molecule has 1 aromatic heterocycles. The van der Waals surface area contributed by atoms with E-state index in [1.807, 2.05) is 24.3 Å². The van der Waals surface area contributed by atoms with Crippen LogP contribution < -0.4 is 5.32 Å². The third-order valence-electron chi connectivity index (χ3n) is 4.01. The number of nitrogens with zero attached hydrogens (tertiary/aromatic N) is 2. The zero-order valence-electron chi connectivity index (χ0n) is 14.1. The number of urea groups is 1. The van der Waals surface area contributed by atoms with E-state index in [4.69, 9.17) is 0 Å². The van der Waals surface area contributed by atoms with Crippen LogP contribution in [0.3, 0.4) is 0 Å². The Balaban J connectivity index is 1.58. The summed E-state index contributed by atoms with van der Waals surface area (Å²) in [6.07, 6.45) is 4.55. The summed E-state index contributed by atoms with van der Waals surface area (Å²) in [6.45, 7) is 3.31. The maximum absolute atomic E-state index is 12.4. The van der Waals surface area contributed by atoms with Crippen LogP contribution in [-0.2, 0) is 0 Å². The molecule has 0 fully saturated rings. The average Bonchev–Trinajstić information content (AvgIpc) is 2.64. The summed E-state index contributed by atoms with van der Waals surface area (Å²) >= 11 is 1.67.